The van der Waals surface area contributed by atoms with Crippen molar-refractivity contribution in [2.24, 2.45) is 0 Å². The SMILES string of the molecule is CCOC(=O)c1csc(Nc2c(Cl)cc(F)cc2Cl)n1. The number of ether oxygens (including phenoxy) is 1. The molecule has 0 spiro atoms. The molecule has 0 aliphatic rings. The van der Waals surface area contributed by atoms with Crippen LogP contribution in [0.15, 0.2) is 17.5 Å². The summed E-state index contributed by atoms with van der Waals surface area (Å²) in [5.41, 5.74) is 0.521. The van der Waals surface area contributed by atoms with Crippen LogP contribution in [0.4, 0.5) is 15.2 Å². The number of esters is 1. The van der Waals surface area contributed by atoms with Crippen LogP contribution < -0.4 is 5.32 Å². The second kappa shape index (κ2) is 6.39. The Balaban J connectivity index is 2.21. The van der Waals surface area contributed by atoms with Gasteiger partial charge >= 0.3 is 5.97 Å². The summed E-state index contributed by atoms with van der Waals surface area (Å²) in [4.78, 5) is 15.5. The first-order valence-electron chi connectivity index (χ1n) is 5.55. The van der Waals surface area contributed by atoms with E-state index >= 15 is 0 Å². The van der Waals surface area contributed by atoms with Crippen molar-refractivity contribution in [1.29, 1.82) is 0 Å². The Labute approximate surface area is 128 Å². The van der Waals surface area contributed by atoms with Gasteiger partial charge in [0, 0.05) is 5.38 Å². The van der Waals surface area contributed by atoms with Gasteiger partial charge in [0.05, 0.1) is 22.3 Å². The molecular formula is C12H9Cl2FN2O2S. The van der Waals surface area contributed by atoms with E-state index in [1.165, 1.54) is 11.3 Å². The zero-order valence-corrected chi connectivity index (χ0v) is 12.6. The minimum Gasteiger partial charge on any atom is -0.461 e. The van der Waals surface area contributed by atoms with Crippen LogP contribution in [-0.2, 0) is 4.74 Å². The van der Waals surface area contributed by atoms with Gasteiger partial charge in [-0.1, -0.05) is 23.2 Å². The Bertz CT molecular complexity index is 625. The van der Waals surface area contributed by atoms with E-state index in [0.717, 1.165) is 12.1 Å². The Kier molecular flexibility index (Phi) is 4.80. The van der Waals surface area contributed by atoms with Gasteiger partial charge in [-0.3, -0.25) is 0 Å². The summed E-state index contributed by atoms with van der Waals surface area (Å²) in [6.07, 6.45) is 0. The van der Waals surface area contributed by atoms with E-state index in [-0.39, 0.29) is 22.3 Å². The highest BCUT2D eigenvalue weighted by atomic mass is 35.5. The molecule has 1 heterocycles. The quantitative estimate of drug-likeness (QED) is 0.836. The number of aromatic nitrogens is 1. The molecule has 0 aliphatic carbocycles. The first kappa shape index (κ1) is 15.0. The van der Waals surface area contributed by atoms with Gasteiger partial charge in [-0.15, -0.1) is 11.3 Å². The molecule has 0 unspecified atom stereocenters. The minimum atomic E-state index is -0.531. The standard InChI is InChI=1S/C12H9Cl2FN2O2S/c1-2-19-11(18)9-5-20-12(16-9)17-10-7(13)3-6(15)4-8(10)14/h3-5H,2H2,1H3,(H,16,17). The molecule has 1 aromatic carbocycles. The number of halogens is 3. The first-order valence-corrected chi connectivity index (χ1v) is 7.19. The fraction of sp³-hybridized carbons (Fsp3) is 0.167. The van der Waals surface area contributed by atoms with E-state index in [1.807, 2.05) is 0 Å². The summed E-state index contributed by atoms with van der Waals surface area (Å²) in [6.45, 7) is 1.98. The average molecular weight is 335 g/mol. The van der Waals surface area contributed by atoms with E-state index in [0.29, 0.717) is 10.8 Å². The van der Waals surface area contributed by atoms with Gasteiger partial charge in [-0.2, -0.15) is 0 Å². The lowest BCUT2D eigenvalue weighted by Crippen LogP contribution is -2.05. The largest absolute Gasteiger partial charge is 0.461 e. The van der Waals surface area contributed by atoms with Crippen LogP contribution in [0.25, 0.3) is 0 Å². The smallest absolute Gasteiger partial charge is 0.357 e. The fourth-order valence-corrected chi connectivity index (χ4v) is 2.64. The molecule has 0 amide bonds. The monoisotopic (exact) mass is 334 g/mol. The van der Waals surface area contributed by atoms with Gasteiger partial charge < -0.3 is 10.1 Å². The minimum absolute atomic E-state index is 0.128. The third-order valence-corrected chi connectivity index (χ3v) is 3.58. The number of thiazole rings is 1. The van der Waals surface area contributed by atoms with Crippen molar-refractivity contribution in [3.8, 4) is 0 Å². The van der Waals surface area contributed by atoms with E-state index < -0.39 is 11.8 Å². The zero-order chi connectivity index (χ0) is 14.7. The van der Waals surface area contributed by atoms with Gasteiger partial charge in [0.15, 0.2) is 10.8 Å². The van der Waals surface area contributed by atoms with Crippen LogP contribution in [-0.4, -0.2) is 17.6 Å². The molecule has 1 N–H and O–H groups in total. The fourth-order valence-electron chi connectivity index (χ4n) is 1.40. The lowest BCUT2D eigenvalue weighted by atomic mass is 10.3. The highest BCUT2D eigenvalue weighted by Crippen LogP contribution is 2.34. The molecule has 0 fully saturated rings. The van der Waals surface area contributed by atoms with Crippen molar-refractivity contribution in [2.75, 3.05) is 11.9 Å². The van der Waals surface area contributed by atoms with Crippen molar-refractivity contribution in [1.82, 2.24) is 4.98 Å². The molecule has 1 aromatic heterocycles. The van der Waals surface area contributed by atoms with Crippen molar-refractivity contribution >= 4 is 51.3 Å². The van der Waals surface area contributed by atoms with Crippen molar-refractivity contribution in [2.45, 2.75) is 6.92 Å². The normalized spacial score (nSPS) is 10.4. The third-order valence-electron chi connectivity index (χ3n) is 2.23. The maximum Gasteiger partial charge on any atom is 0.357 e. The molecular weight excluding hydrogens is 326 g/mol. The van der Waals surface area contributed by atoms with E-state index in [2.05, 4.69) is 10.3 Å². The molecule has 2 aromatic rings. The summed E-state index contributed by atoms with van der Waals surface area (Å²) in [6, 6.07) is 2.27. The molecule has 2 rings (SSSR count). The van der Waals surface area contributed by atoms with E-state index in [1.54, 1.807) is 12.3 Å². The lowest BCUT2D eigenvalue weighted by Gasteiger charge is -2.07. The predicted molar refractivity (Wildman–Crippen MR) is 77.8 cm³/mol. The average Bonchev–Trinajstić information content (AvgIpc) is 2.82. The molecule has 0 bridgehead atoms. The Morgan fingerprint density at radius 1 is 1.45 bits per heavy atom. The highest BCUT2D eigenvalue weighted by molar-refractivity contribution is 7.14. The first-order chi connectivity index (χ1) is 9.51. The molecule has 4 nitrogen and oxygen atoms in total. The summed E-state index contributed by atoms with van der Waals surface area (Å²) >= 11 is 13.0. The van der Waals surface area contributed by atoms with Crippen molar-refractivity contribution < 1.29 is 13.9 Å². The maximum absolute atomic E-state index is 13.1. The maximum atomic E-state index is 13.1. The number of hydrogen-bond donors (Lipinski definition) is 1. The Morgan fingerprint density at radius 2 is 2.10 bits per heavy atom. The molecule has 0 atom stereocenters. The molecule has 20 heavy (non-hydrogen) atoms. The van der Waals surface area contributed by atoms with Crippen LogP contribution in [0.5, 0.6) is 0 Å². The molecule has 0 aliphatic heterocycles. The van der Waals surface area contributed by atoms with Crippen LogP contribution in [0.3, 0.4) is 0 Å². The van der Waals surface area contributed by atoms with Crippen LogP contribution in [0.1, 0.15) is 17.4 Å². The van der Waals surface area contributed by atoms with Gasteiger partial charge in [-0.05, 0) is 19.1 Å². The van der Waals surface area contributed by atoms with E-state index in [9.17, 15) is 9.18 Å². The van der Waals surface area contributed by atoms with Crippen LogP contribution in [0.2, 0.25) is 10.0 Å². The van der Waals surface area contributed by atoms with E-state index in [4.69, 9.17) is 27.9 Å². The summed E-state index contributed by atoms with van der Waals surface area (Å²) in [5.74, 6) is -1.04. The molecule has 0 saturated heterocycles. The number of hydrogen-bond acceptors (Lipinski definition) is 5. The summed E-state index contributed by atoms with van der Waals surface area (Å²) < 4.78 is 17.9. The second-order valence-corrected chi connectivity index (χ2v) is 5.30. The van der Waals surface area contributed by atoms with Gasteiger partial charge in [0.2, 0.25) is 0 Å². The Hall–Kier alpha value is -1.37. The van der Waals surface area contributed by atoms with Gasteiger partial charge in [0.1, 0.15) is 5.82 Å². The number of carbonyl (C=O) groups excluding carboxylic acids is 1. The van der Waals surface area contributed by atoms with Gasteiger partial charge in [0.25, 0.3) is 0 Å². The van der Waals surface area contributed by atoms with Crippen LogP contribution in [0, 0.1) is 5.82 Å². The molecule has 0 saturated carbocycles. The topological polar surface area (TPSA) is 51.2 Å². The molecule has 106 valence electrons. The molecule has 8 heteroatoms. The van der Waals surface area contributed by atoms with Crippen LogP contribution >= 0.6 is 34.5 Å². The number of nitrogens with zero attached hydrogens (tertiary/aromatic N) is 1. The number of anilines is 2. The number of benzene rings is 1. The Morgan fingerprint density at radius 3 is 2.70 bits per heavy atom. The summed E-state index contributed by atoms with van der Waals surface area (Å²) in [7, 11) is 0. The lowest BCUT2D eigenvalue weighted by molar-refractivity contribution is 0.0520. The number of nitrogens with one attached hydrogen (secondary N) is 1. The zero-order valence-electron chi connectivity index (χ0n) is 10.2. The number of carbonyl (C=O) groups is 1. The predicted octanol–water partition coefficient (Wildman–Crippen LogP) is 4.51. The second-order valence-electron chi connectivity index (χ2n) is 3.63. The van der Waals surface area contributed by atoms with Gasteiger partial charge in [-0.25, -0.2) is 14.2 Å². The van der Waals surface area contributed by atoms with Crippen molar-refractivity contribution in [3.63, 3.8) is 0 Å². The number of rotatable bonds is 4. The third kappa shape index (κ3) is 3.39. The summed E-state index contributed by atoms with van der Waals surface area (Å²) in [5, 5.41) is 5.06. The van der Waals surface area contributed by atoms with Crippen molar-refractivity contribution in [3.05, 3.63) is 39.1 Å². The molecule has 0 radical (unpaired) electrons. The highest BCUT2D eigenvalue weighted by Gasteiger charge is 2.14.